The van der Waals surface area contributed by atoms with E-state index < -0.39 is 8.32 Å². The molecule has 3 heteroatoms. The summed E-state index contributed by atoms with van der Waals surface area (Å²) in [5.41, 5.74) is 1.44. The fourth-order valence-corrected chi connectivity index (χ4v) is 3.33. The maximum atomic E-state index is 6.21. The average Bonchev–Trinajstić information content (AvgIpc) is 2.38. The topological polar surface area (TPSA) is 9.23 Å². The van der Waals surface area contributed by atoms with E-state index in [9.17, 15) is 0 Å². The number of hydrogen-bond acceptors (Lipinski definition) is 1. The van der Waals surface area contributed by atoms with Crippen molar-refractivity contribution in [2.24, 2.45) is 0 Å². The van der Waals surface area contributed by atoms with E-state index in [1.807, 2.05) is 0 Å². The maximum Gasteiger partial charge on any atom is 0.191 e. The van der Waals surface area contributed by atoms with Crippen LogP contribution in [0.5, 0.6) is 0 Å². The normalized spacial score (nSPS) is 12.7. The van der Waals surface area contributed by atoms with Gasteiger partial charge in [-0.1, -0.05) is 61.7 Å². The molecule has 0 N–H and O–H groups in total. The van der Waals surface area contributed by atoms with Crippen LogP contribution in [0.3, 0.4) is 0 Å². The van der Waals surface area contributed by atoms with Crippen molar-refractivity contribution in [2.45, 2.75) is 71.0 Å². The van der Waals surface area contributed by atoms with Crippen LogP contribution in [0.15, 0.2) is 28.7 Å². The van der Waals surface area contributed by atoms with Gasteiger partial charge in [0.15, 0.2) is 8.32 Å². The fourth-order valence-electron chi connectivity index (χ4n) is 1.98. The first-order chi connectivity index (χ1) is 9.72. The molecule has 0 aliphatic carbocycles. The lowest BCUT2D eigenvalue weighted by Crippen LogP contribution is -2.40. The molecule has 1 rings (SSSR count). The molecule has 0 atom stereocenters. The van der Waals surface area contributed by atoms with Crippen molar-refractivity contribution in [1.82, 2.24) is 0 Å². The molecule has 120 valence electrons. The zero-order valence-electron chi connectivity index (χ0n) is 14.3. The Labute approximate surface area is 140 Å². The first kappa shape index (κ1) is 18.9. The van der Waals surface area contributed by atoms with E-state index in [0.29, 0.717) is 5.04 Å². The predicted molar refractivity (Wildman–Crippen MR) is 99.5 cm³/mol. The molecule has 0 aliphatic rings. The van der Waals surface area contributed by atoms with Crippen molar-refractivity contribution in [3.63, 3.8) is 0 Å². The summed E-state index contributed by atoms with van der Waals surface area (Å²) in [5.74, 6) is 0. The van der Waals surface area contributed by atoms with Gasteiger partial charge in [0.25, 0.3) is 0 Å². The van der Waals surface area contributed by atoms with E-state index >= 15 is 0 Å². The van der Waals surface area contributed by atoms with Gasteiger partial charge in [-0.3, -0.25) is 0 Å². The van der Waals surface area contributed by atoms with E-state index in [-0.39, 0.29) is 0 Å². The minimum Gasteiger partial charge on any atom is -0.417 e. The number of hydrogen-bond donors (Lipinski definition) is 0. The van der Waals surface area contributed by atoms with Crippen molar-refractivity contribution in [3.05, 3.63) is 34.3 Å². The van der Waals surface area contributed by atoms with Crippen molar-refractivity contribution in [1.29, 1.82) is 0 Å². The highest BCUT2D eigenvalue weighted by Crippen LogP contribution is 2.36. The Bertz CT molecular complexity index is 406. The summed E-state index contributed by atoms with van der Waals surface area (Å²) >= 11 is 3.47. The number of unbranched alkanes of at least 4 members (excludes halogenated alkanes) is 3. The zero-order chi connectivity index (χ0) is 15.9. The first-order valence-electron chi connectivity index (χ1n) is 8.11. The quantitative estimate of drug-likeness (QED) is 0.371. The van der Waals surface area contributed by atoms with Gasteiger partial charge in [-0.2, -0.15) is 0 Å². The van der Waals surface area contributed by atoms with Gasteiger partial charge in [0, 0.05) is 11.1 Å². The van der Waals surface area contributed by atoms with Crippen molar-refractivity contribution >= 4 is 24.2 Å². The number of rotatable bonds is 8. The highest BCUT2D eigenvalue weighted by Gasteiger charge is 2.36. The average molecular weight is 371 g/mol. The van der Waals surface area contributed by atoms with E-state index in [1.54, 1.807) is 0 Å². The molecule has 21 heavy (non-hydrogen) atoms. The number of aryl methyl sites for hydroxylation is 1. The summed E-state index contributed by atoms with van der Waals surface area (Å²) in [4.78, 5) is 0. The highest BCUT2D eigenvalue weighted by molar-refractivity contribution is 9.10. The Kier molecular flexibility index (Phi) is 7.65. The molecule has 0 amide bonds. The molecule has 0 saturated heterocycles. The highest BCUT2D eigenvalue weighted by atomic mass is 79.9. The van der Waals surface area contributed by atoms with Gasteiger partial charge >= 0.3 is 0 Å². The number of benzene rings is 1. The van der Waals surface area contributed by atoms with E-state index in [0.717, 1.165) is 11.1 Å². The number of halogens is 1. The van der Waals surface area contributed by atoms with Crippen LogP contribution >= 0.6 is 15.9 Å². The van der Waals surface area contributed by atoms with Gasteiger partial charge in [0.2, 0.25) is 0 Å². The Hall–Kier alpha value is -0.123. The molecule has 0 heterocycles. The third kappa shape index (κ3) is 7.12. The molecule has 0 radical (unpaired) electrons. The smallest absolute Gasteiger partial charge is 0.191 e. The molecule has 0 saturated carbocycles. The van der Waals surface area contributed by atoms with Gasteiger partial charge < -0.3 is 4.43 Å². The lowest BCUT2D eigenvalue weighted by Gasteiger charge is -2.36. The molecular formula is C18H31BrOSi. The molecule has 1 aromatic carbocycles. The van der Waals surface area contributed by atoms with Gasteiger partial charge in [0.1, 0.15) is 0 Å². The van der Waals surface area contributed by atoms with E-state index in [4.69, 9.17) is 4.43 Å². The SMILES string of the molecule is CC(C)(C)[Si](C)(C)OCCCCCCc1ccc(Br)cc1. The standard InChI is InChI=1S/C18H31BrOSi/c1-18(2,3)21(4,5)20-15-9-7-6-8-10-16-11-13-17(19)14-12-16/h11-14H,6-10,15H2,1-5H3. The second-order valence-corrected chi connectivity index (χ2v) is 13.1. The lowest BCUT2D eigenvalue weighted by atomic mass is 10.1. The summed E-state index contributed by atoms with van der Waals surface area (Å²) in [5, 5.41) is 0.328. The largest absolute Gasteiger partial charge is 0.417 e. The summed E-state index contributed by atoms with van der Waals surface area (Å²) in [6.45, 7) is 12.5. The Morgan fingerprint density at radius 1 is 0.952 bits per heavy atom. The molecule has 1 aromatic rings. The molecule has 0 fully saturated rings. The second kappa shape index (κ2) is 8.49. The first-order valence-corrected chi connectivity index (χ1v) is 11.8. The van der Waals surface area contributed by atoms with Crippen LogP contribution in [0.1, 0.15) is 52.0 Å². The Morgan fingerprint density at radius 3 is 2.10 bits per heavy atom. The predicted octanol–water partition coefficient (Wildman–Crippen LogP) is 6.57. The zero-order valence-corrected chi connectivity index (χ0v) is 16.9. The van der Waals surface area contributed by atoms with Crippen molar-refractivity contribution in [2.75, 3.05) is 6.61 Å². The molecule has 0 unspecified atom stereocenters. The molecule has 0 bridgehead atoms. The Morgan fingerprint density at radius 2 is 1.52 bits per heavy atom. The minimum atomic E-state index is -1.54. The molecular weight excluding hydrogens is 340 g/mol. The summed E-state index contributed by atoms with van der Waals surface area (Å²) < 4.78 is 7.37. The monoisotopic (exact) mass is 370 g/mol. The van der Waals surface area contributed by atoms with E-state index in [1.165, 1.54) is 37.7 Å². The van der Waals surface area contributed by atoms with Crippen LogP contribution < -0.4 is 0 Å². The second-order valence-electron chi connectivity index (χ2n) is 7.40. The van der Waals surface area contributed by atoms with Crippen LogP contribution in [0.4, 0.5) is 0 Å². The molecule has 0 aromatic heterocycles. The van der Waals surface area contributed by atoms with Gasteiger partial charge in [-0.25, -0.2) is 0 Å². The third-order valence-corrected chi connectivity index (χ3v) is 9.61. The third-order valence-electron chi connectivity index (χ3n) is 4.54. The molecule has 1 nitrogen and oxygen atoms in total. The van der Waals surface area contributed by atoms with Crippen LogP contribution in [-0.2, 0) is 10.8 Å². The lowest BCUT2D eigenvalue weighted by molar-refractivity contribution is 0.277. The van der Waals surface area contributed by atoms with Crippen LogP contribution in [0, 0.1) is 0 Å². The van der Waals surface area contributed by atoms with Crippen molar-refractivity contribution < 1.29 is 4.43 Å². The molecule has 0 spiro atoms. The van der Waals surface area contributed by atoms with Crippen LogP contribution in [0.25, 0.3) is 0 Å². The summed E-state index contributed by atoms with van der Waals surface area (Å²) in [6, 6.07) is 8.68. The summed E-state index contributed by atoms with van der Waals surface area (Å²) in [7, 11) is -1.54. The van der Waals surface area contributed by atoms with E-state index in [2.05, 4.69) is 74.1 Å². The van der Waals surface area contributed by atoms with Gasteiger partial charge in [-0.05, 0) is 55.1 Å². The van der Waals surface area contributed by atoms with Gasteiger partial charge in [-0.15, -0.1) is 0 Å². The summed E-state index contributed by atoms with van der Waals surface area (Å²) in [6.07, 6.45) is 6.26. The maximum absolute atomic E-state index is 6.21. The van der Waals surface area contributed by atoms with Crippen LogP contribution in [0.2, 0.25) is 18.1 Å². The van der Waals surface area contributed by atoms with Gasteiger partial charge in [0.05, 0.1) is 0 Å². The van der Waals surface area contributed by atoms with Crippen LogP contribution in [-0.4, -0.2) is 14.9 Å². The minimum absolute atomic E-state index is 0.328. The fraction of sp³-hybridized carbons (Fsp3) is 0.667. The van der Waals surface area contributed by atoms with Crippen molar-refractivity contribution in [3.8, 4) is 0 Å². The Balaban J connectivity index is 2.09. The molecule has 0 aliphatic heterocycles.